The first-order valence-electron chi connectivity index (χ1n) is 11.0. The zero-order valence-corrected chi connectivity index (χ0v) is 17.5. The molecule has 2 aromatic rings. The summed E-state index contributed by atoms with van der Waals surface area (Å²) in [6.07, 6.45) is 5.48. The molecule has 0 radical (unpaired) electrons. The highest BCUT2D eigenvalue weighted by atomic mass is 16.2. The molecule has 1 heterocycles. The molecule has 3 fully saturated rings. The number of benzene rings is 2. The number of hydrogen-bond donors (Lipinski definition) is 1. The second kappa shape index (κ2) is 6.39. The summed E-state index contributed by atoms with van der Waals surface area (Å²) in [5.41, 5.74) is 3.79. The number of aryl methyl sites for hydroxylation is 2. The lowest BCUT2D eigenvalue weighted by atomic mass is 9.63. The van der Waals surface area contributed by atoms with Crippen LogP contribution in [-0.2, 0) is 9.59 Å². The molecule has 31 heavy (non-hydrogen) atoms. The maximum absolute atomic E-state index is 13.3. The Morgan fingerprint density at radius 1 is 0.903 bits per heavy atom. The first-order chi connectivity index (χ1) is 14.9. The van der Waals surface area contributed by atoms with Crippen LogP contribution in [0.2, 0.25) is 0 Å². The Kier molecular flexibility index (Phi) is 3.83. The number of amides is 3. The SMILES string of the molecule is Cc1cc(C)cc(NC(=O)c2cccc(N3C(=O)[C@@H]4[C@H]5C=C[C@@H]([C@@H]6C[C@@H]56)[C@H]4C3=O)c2)c1. The van der Waals surface area contributed by atoms with Crippen LogP contribution in [0.4, 0.5) is 11.4 Å². The Morgan fingerprint density at radius 2 is 1.52 bits per heavy atom. The van der Waals surface area contributed by atoms with E-state index in [9.17, 15) is 14.4 Å². The summed E-state index contributed by atoms with van der Waals surface area (Å²) in [7, 11) is 0. The molecule has 1 saturated heterocycles. The second-order valence-corrected chi connectivity index (χ2v) is 9.55. The molecular formula is C26H24N2O3. The molecule has 6 atom stereocenters. The summed E-state index contributed by atoms with van der Waals surface area (Å²) in [4.78, 5) is 40.8. The highest BCUT2D eigenvalue weighted by Crippen LogP contribution is 2.65. The second-order valence-electron chi connectivity index (χ2n) is 9.55. The van der Waals surface area contributed by atoms with Gasteiger partial charge in [0.1, 0.15) is 0 Å². The average molecular weight is 412 g/mol. The van der Waals surface area contributed by atoms with Crippen LogP contribution in [-0.4, -0.2) is 17.7 Å². The fraction of sp³-hybridized carbons (Fsp3) is 0.346. The van der Waals surface area contributed by atoms with Gasteiger partial charge in [-0.05, 0) is 85.4 Å². The third kappa shape index (κ3) is 2.72. The molecule has 2 bridgehead atoms. The molecule has 2 saturated carbocycles. The van der Waals surface area contributed by atoms with Crippen molar-refractivity contribution in [1.29, 1.82) is 0 Å². The predicted octanol–water partition coefficient (Wildman–Crippen LogP) is 4.11. The van der Waals surface area contributed by atoms with Gasteiger partial charge in [0.15, 0.2) is 0 Å². The Labute approximate surface area is 181 Å². The van der Waals surface area contributed by atoms with Crippen LogP contribution in [0.25, 0.3) is 0 Å². The molecule has 2 aromatic carbocycles. The van der Waals surface area contributed by atoms with E-state index in [-0.39, 0.29) is 41.4 Å². The van der Waals surface area contributed by atoms with Gasteiger partial charge in [-0.1, -0.05) is 24.3 Å². The molecule has 5 aliphatic rings. The minimum absolute atomic E-state index is 0.105. The maximum Gasteiger partial charge on any atom is 0.255 e. The lowest BCUT2D eigenvalue weighted by molar-refractivity contribution is -0.124. The Bertz CT molecular complexity index is 1130. The monoisotopic (exact) mass is 412 g/mol. The molecule has 5 heteroatoms. The number of allylic oxidation sites excluding steroid dienone is 2. The van der Waals surface area contributed by atoms with E-state index in [0.717, 1.165) is 23.2 Å². The van der Waals surface area contributed by atoms with Crippen molar-refractivity contribution in [1.82, 2.24) is 0 Å². The van der Waals surface area contributed by atoms with Gasteiger partial charge < -0.3 is 5.32 Å². The average Bonchev–Trinajstić information content (AvgIpc) is 3.51. The van der Waals surface area contributed by atoms with Crippen LogP contribution in [0.15, 0.2) is 54.6 Å². The van der Waals surface area contributed by atoms with Gasteiger partial charge in [-0.3, -0.25) is 14.4 Å². The molecule has 156 valence electrons. The number of nitrogens with zero attached hydrogens (tertiary/aromatic N) is 1. The predicted molar refractivity (Wildman–Crippen MR) is 118 cm³/mol. The molecule has 1 aliphatic heterocycles. The minimum atomic E-state index is -0.258. The highest BCUT2D eigenvalue weighted by molar-refractivity contribution is 6.23. The Hall–Kier alpha value is -3.21. The largest absolute Gasteiger partial charge is 0.322 e. The van der Waals surface area contributed by atoms with E-state index in [0.29, 0.717) is 23.1 Å². The fourth-order valence-corrected chi connectivity index (χ4v) is 6.25. The van der Waals surface area contributed by atoms with Crippen LogP contribution in [0.3, 0.4) is 0 Å². The maximum atomic E-state index is 13.3. The molecule has 1 N–H and O–H groups in total. The summed E-state index contributed by atoms with van der Waals surface area (Å²) < 4.78 is 0. The van der Waals surface area contributed by atoms with Gasteiger partial charge in [0.05, 0.1) is 17.5 Å². The summed E-state index contributed by atoms with van der Waals surface area (Å²) in [6.45, 7) is 3.97. The van der Waals surface area contributed by atoms with E-state index in [2.05, 4.69) is 17.5 Å². The summed E-state index contributed by atoms with van der Waals surface area (Å²) in [5.74, 6) is 0.586. The van der Waals surface area contributed by atoms with E-state index < -0.39 is 0 Å². The lowest BCUT2D eigenvalue weighted by Gasteiger charge is -2.37. The highest BCUT2D eigenvalue weighted by Gasteiger charge is 2.67. The molecule has 0 unspecified atom stereocenters. The quantitative estimate of drug-likeness (QED) is 0.609. The normalized spacial score (nSPS) is 32.1. The van der Waals surface area contributed by atoms with Gasteiger partial charge in [-0.15, -0.1) is 0 Å². The smallest absolute Gasteiger partial charge is 0.255 e. The number of anilines is 2. The van der Waals surface area contributed by atoms with Crippen molar-refractivity contribution in [3.8, 4) is 0 Å². The van der Waals surface area contributed by atoms with Gasteiger partial charge in [0.2, 0.25) is 11.8 Å². The molecule has 0 spiro atoms. The topological polar surface area (TPSA) is 66.5 Å². The Morgan fingerprint density at radius 3 is 2.13 bits per heavy atom. The van der Waals surface area contributed by atoms with Gasteiger partial charge in [0.25, 0.3) is 5.91 Å². The van der Waals surface area contributed by atoms with Crippen molar-refractivity contribution < 1.29 is 14.4 Å². The molecule has 3 amide bonds. The number of rotatable bonds is 3. The molecular weight excluding hydrogens is 388 g/mol. The van der Waals surface area contributed by atoms with E-state index in [4.69, 9.17) is 0 Å². The number of hydrogen-bond acceptors (Lipinski definition) is 3. The molecule has 4 aliphatic carbocycles. The number of nitrogens with one attached hydrogen (secondary N) is 1. The van der Waals surface area contributed by atoms with Crippen LogP contribution >= 0.6 is 0 Å². The minimum Gasteiger partial charge on any atom is -0.322 e. The Balaban J connectivity index is 1.28. The zero-order valence-electron chi connectivity index (χ0n) is 17.5. The zero-order chi connectivity index (χ0) is 21.4. The lowest BCUT2D eigenvalue weighted by Crippen LogP contribution is -2.40. The van der Waals surface area contributed by atoms with Crippen molar-refractivity contribution in [2.75, 3.05) is 10.2 Å². The van der Waals surface area contributed by atoms with Crippen LogP contribution in [0, 0.1) is 49.4 Å². The molecule has 0 aromatic heterocycles. The summed E-state index contributed by atoms with van der Waals surface area (Å²) in [5, 5.41) is 2.93. The van der Waals surface area contributed by atoms with Gasteiger partial charge >= 0.3 is 0 Å². The van der Waals surface area contributed by atoms with Crippen molar-refractivity contribution in [2.45, 2.75) is 20.3 Å². The van der Waals surface area contributed by atoms with Crippen molar-refractivity contribution in [3.63, 3.8) is 0 Å². The number of carbonyl (C=O) groups excluding carboxylic acids is 3. The summed E-state index contributed by atoms with van der Waals surface area (Å²) in [6, 6.07) is 12.7. The van der Waals surface area contributed by atoms with E-state index in [1.165, 1.54) is 4.90 Å². The van der Waals surface area contributed by atoms with Crippen molar-refractivity contribution in [3.05, 3.63) is 71.3 Å². The molecule has 7 rings (SSSR count). The van der Waals surface area contributed by atoms with E-state index in [1.807, 2.05) is 32.0 Å². The van der Waals surface area contributed by atoms with Crippen LogP contribution in [0.1, 0.15) is 27.9 Å². The first-order valence-corrected chi connectivity index (χ1v) is 11.0. The third-order valence-corrected chi connectivity index (χ3v) is 7.51. The molecule has 5 nitrogen and oxygen atoms in total. The van der Waals surface area contributed by atoms with E-state index >= 15 is 0 Å². The van der Waals surface area contributed by atoms with E-state index in [1.54, 1.807) is 24.3 Å². The van der Waals surface area contributed by atoms with Gasteiger partial charge in [0, 0.05) is 11.3 Å². The summed E-state index contributed by atoms with van der Waals surface area (Å²) >= 11 is 0. The van der Waals surface area contributed by atoms with Crippen LogP contribution in [0.5, 0.6) is 0 Å². The number of imide groups is 1. The standard InChI is InChI=1S/C26H24N2O3/c1-13-8-14(2)10-16(9-13)27-24(29)15-4-3-5-17(11-15)28-25(30)22-18-6-7-19(21-12-20(18)21)23(22)26(28)31/h3-11,18-23H,12H2,1-2H3,(H,27,29)/t18-,19-,20-,21-,22+,23+/m0/s1. The van der Waals surface area contributed by atoms with Crippen molar-refractivity contribution in [2.24, 2.45) is 35.5 Å². The first kappa shape index (κ1) is 18.6. The third-order valence-electron chi connectivity index (χ3n) is 7.51. The fourth-order valence-electron chi connectivity index (χ4n) is 6.25. The van der Waals surface area contributed by atoms with Crippen molar-refractivity contribution >= 4 is 29.1 Å². The number of carbonyl (C=O) groups is 3. The van der Waals surface area contributed by atoms with Crippen LogP contribution < -0.4 is 10.2 Å². The van der Waals surface area contributed by atoms with Gasteiger partial charge in [-0.2, -0.15) is 0 Å². The van der Waals surface area contributed by atoms with Gasteiger partial charge in [-0.25, -0.2) is 4.90 Å².